The van der Waals surface area contributed by atoms with Crippen LogP contribution in [0.5, 0.6) is 0 Å². The number of carbonyl (C=O) groups is 1. The minimum atomic E-state index is 0.366. The molecule has 0 spiro atoms. The second-order valence-electron chi connectivity index (χ2n) is 5.48. The molecule has 3 nitrogen and oxygen atoms in total. The van der Waals surface area contributed by atoms with Gasteiger partial charge in [-0.1, -0.05) is 33.6 Å². The number of amides is 1. The van der Waals surface area contributed by atoms with Gasteiger partial charge < -0.3 is 10.2 Å². The van der Waals surface area contributed by atoms with Crippen LogP contribution in [0.2, 0.25) is 0 Å². The Kier molecular flexibility index (Phi) is 7.33. The Morgan fingerprint density at radius 3 is 2.72 bits per heavy atom. The molecule has 1 heterocycles. The van der Waals surface area contributed by atoms with Gasteiger partial charge in [-0.05, 0) is 31.7 Å². The fourth-order valence-electron chi connectivity index (χ4n) is 2.88. The van der Waals surface area contributed by atoms with Crippen molar-refractivity contribution in [3.05, 3.63) is 0 Å². The number of rotatable bonds is 7. The molecule has 0 aromatic rings. The van der Waals surface area contributed by atoms with Crippen LogP contribution in [0.15, 0.2) is 0 Å². The first kappa shape index (κ1) is 15.5. The number of carbonyl (C=O) groups excluding carboxylic acids is 1. The first-order chi connectivity index (χ1) is 8.71. The number of likely N-dealkylation sites (tertiary alicyclic amines) is 1. The standard InChI is InChI=1S/C15H30N2O/c1-4-7-13-8-9-15(18)17(11-10-13)12-14(5-2)16-6-3/h13-14,16H,4-12H2,1-3H3. The lowest BCUT2D eigenvalue weighted by Crippen LogP contribution is -2.43. The van der Waals surface area contributed by atoms with E-state index in [0.29, 0.717) is 11.9 Å². The van der Waals surface area contributed by atoms with Gasteiger partial charge in [-0.2, -0.15) is 0 Å². The molecule has 0 aliphatic carbocycles. The molecule has 1 amide bonds. The van der Waals surface area contributed by atoms with E-state index in [1.807, 2.05) is 0 Å². The molecule has 1 fully saturated rings. The number of hydrogen-bond acceptors (Lipinski definition) is 2. The first-order valence-corrected chi connectivity index (χ1v) is 7.72. The van der Waals surface area contributed by atoms with E-state index in [1.165, 1.54) is 19.3 Å². The molecule has 1 aliphatic heterocycles. The fraction of sp³-hybridized carbons (Fsp3) is 0.933. The molecule has 1 saturated heterocycles. The van der Waals surface area contributed by atoms with Crippen LogP contribution in [0, 0.1) is 5.92 Å². The van der Waals surface area contributed by atoms with Gasteiger partial charge in [0.2, 0.25) is 5.91 Å². The van der Waals surface area contributed by atoms with Crippen LogP contribution in [0.3, 0.4) is 0 Å². The summed E-state index contributed by atoms with van der Waals surface area (Å²) in [5, 5.41) is 3.46. The SMILES string of the molecule is CCCC1CCC(=O)N(CC(CC)NCC)CC1. The third kappa shape index (κ3) is 4.97. The van der Waals surface area contributed by atoms with E-state index >= 15 is 0 Å². The van der Waals surface area contributed by atoms with Gasteiger partial charge in [0, 0.05) is 25.6 Å². The van der Waals surface area contributed by atoms with Gasteiger partial charge in [0.15, 0.2) is 0 Å². The highest BCUT2D eigenvalue weighted by Crippen LogP contribution is 2.22. The van der Waals surface area contributed by atoms with Crippen LogP contribution in [0.1, 0.15) is 59.3 Å². The van der Waals surface area contributed by atoms with Gasteiger partial charge >= 0.3 is 0 Å². The second-order valence-corrected chi connectivity index (χ2v) is 5.48. The van der Waals surface area contributed by atoms with Crippen molar-refractivity contribution in [1.82, 2.24) is 10.2 Å². The lowest BCUT2D eigenvalue weighted by molar-refractivity contribution is -0.131. The summed E-state index contributed by atoms with van der Waals surface area (Å²) < 4.78 is 0. The molecule has 0 aromatic carbocycles. The van der Waals surface area contributed by atoms with E-state index in [0.717, 1.165) is 44.8 Å². The number of hydrogen-bond donors (Lipinski definition) is 1. The van der Waals surface area contributed by atoms with Crippen LogP contribution in [-0.2, 0) is 4.79 Å². The fourth-order valence-corrected chi connectivity index (χ4v) is 2.88. The van der Waals surface area contributed by atoms with E-state index in [1.54, 1.807) is 0 Å². The first-order valence-electron chi connectivity index (χ1n) is 7.72. The minimum Gasteiger partial charge on any atom is -0.341 e. The summed E-state index contributed by atoms with van der Waals surface area (Å²) in [5.41, 5.74) is 0. The minimum absolute atomic E-state index is 0.366. The molecule has 2 atom stereocenters. The molecule has 1 rings (SSSR count). The number of likely N-dealkylation sites (N-methyl/N-ethyl adjacent to an activating group) is 1. The maximum absolute atomic E-state index is 12.1. The summed E-state index contributed by atoms with van der Waals surface area (Å²) in [6.07, 6.45) is 6.67. The number of nitrogens with one attached hydrogen (secondary N) is 1. The highest BCUT2D eigenvalue weighted by molar-refractivity contribution is 5.76. The van der Waals surface area contributed by atoms with E-state index < -0.39 is 0 Å². The van der Waals surface area contributed by atoms with Gasteiger partial charge in [0.25, 0.3) is 0 Å². The zero-order valence-corrected chi connectivity index (χ0v) is 12.4. The lowest BCUT2D eigenvalue weighted by atomic mass is 9.96. The summed E-state index contributed by atoms with van der Waals surface area (Å²) >= 11 is 0. The predicted molar refractivity (Wildman–Crippen MR) is 76.6 cm³/mol. The quantitative estimate of drug-likeness (QED) is 0.757. The molecular weight excluding hydrogens is 224 g/mol. The van der Waals surface area contributed by atoms with Crippen molar-refractivity contribution >= 4 is 5.91 Å². The molecule has 2 unspecified atom stereocenters. The molecule has 106 valence electrons. The summed E-state index contributed by atoms with van der Waals surface area (Å²) in [4.78, 5) is 14.2. The van der Waals surface area contributed by atoms with Crippen LogP contribution < -0.4 is 5.32 Å². The highest BCUT2D eigenvalue weighted by Gasteiger charge is 2.23. The maximum atomic E-state index is 12.1. The normalized spacial score (nSPS) is 22.9. The molecule has 1 N–H and O–H groups in total. The Hall–Kier alpha value is -0.570. The summed E-state index contributed by atoms with van der Waals surface area (Å²) in [6.45, 7) is 9.40. The van der Waals surface area contributed by atoms with Crippen LogP contribution in [0.25, 0.3) is 0 Å². The zero-order chi connectivity index (χ0) is 13.4. The van der Waals surface area contributed by atoms with Gasteiger partial charge in [0.1, 0.15) is 0 Å². The molecule has 0 saturated carbocycles. The van der Waals surface area contributed by atoms with E-state index in [2.05, 4.69) is 31.0 Å². The van der Waals surface area contributed by atoms with E-state index in [9.17, 15) is 4.79 Å². The highest BCUT2D eigenvalue weighted by atomic mass is 16.2. The van der Waals surface area contributed by atoms with Crippen molar-refractivity contribution in [3.8, 4) is 0 Å². The topological polar surface area (TPSA) is 32.3 Å². The Bertz CT molecular complexity index is 243. The Morgan fingerprint density at radius 1 is 1.33 bits per heavy atom. The van der Waals surface area contributed by atoms with Crippen molar-refractivity contribution in [2.24, 2.45) is 5.92 Å². The number of nitrogens with zero attached hydrogens (tertiary/aromatic N) is 1. The summed E-state index contributed by atoms with van der Waals surface area (Å²) in [7, 11) is 0. The van der Waals surface area contributed by atoms with Crippen LogP contribution in [-0.4, -0.2) is 36.5 Å². The van der Waals surface area contributed by atoms with Crippen molar-refractivity contribution in [1.29, 1.82) is 0 Å². The van der Waals surface area contributed by atoms with Gasteiger partial charge in [-0.25, -0.2) is 0 Å². The monoisotopic (exact) mass is 254 g/mol. The van der Waals surface area contributed by atoms with E-state index in [-0.39, 0.29) is 0 Å². The second kappa shape index (κ2) is 8.52. The average molecular weight is 254 g/mol. The van der Waals surface area contributed by atoms with Gasteiger partial charge in [0.05, 0.1) is 0 Å². The van der Waals surface area contributed by atoms with Crippen molar-refractivity contribution in [3.63, 3.8) is 0 Å². The van der Waals surface area contributed by atoms with Gasteiger partial charge in [-0.3, -0.25) is 4.79 Å². The van der Waals surface area contributed by atoms with Crippen molar-refractivity contribution in [2.75, 3.05) is 19.6 Å². The third-order valence-electron chi connectivity index (χ3n) is 4.05. The molecule has 0 bridgehead atoms. The Morgan fingerprint density at radius 2 is 2.11 bits per heavy atom. The Labute approximate surface area is 112 Å². The molecule has 18 heavy (non-hydrogen) atoms. The summed E-state index contributed by atoms with van der Waals surface area (Å²) in [6, 6.07) is 0.460. The molecule has 0 aromatic heterocycles. The largest absolute Gasteiger partial charge is 0.341 e. The molecule has 3 heteroatoms. The van der Waals surface area contributed by atoms with E-state index in [4.69, 9.17) is 0 Å². The smallest absolute Gasteiger partial charge is 0.222 e. The lowest BCUT2D eigenvalue weighted by Gasteiger charge is -2.26. The predicted octanol–water partition coefficient (Wildman–Crippen LogP) is 2.80. The summed E-state index contributed by atoms with van der Waals surface area (Å²) in [5.74, 6) is 1.13. The Balaban J connectivity index is 2.46. The van der Waals surface area contributed by atoms with Crippen LogP contribution >= 0.6 is 0 Å². The zero-order valence-electron chi connectivity index (χ0n) is 12.4. The third-order valence-corrected chi connectivity index (χ3v) is 4.05. The van der Waals surface area contributed by atoms with Crippen molar-refractivity contribution in [2.45, 2.75) is 65.3 Å². The molecule has 1 aliphatic rings. The van der Waals surface area contributed by atoms with Gasteiger partial charge in [-0.15, -0.1) is 0 Å². The molecular formula is C15H30N2O. The van der Waals surface area contributed by atoms with Crippen LogP contribution in [0.4, 0.5) is 0 Å². The maximum Gasteiger partial charge on any atom is 0.222 e. The van der Waals surface area contributed by atoms with Crippen molar-refractivity contribution < 1.29 is 4.79 Å². The molecule has 0 radical (unpaired) electrons. The average Bonchev–Trinajstić information content (AvgIpc) is 2.54.